The van der Waals surface area contributed by atoms with E-state index in [9.17, 15) is 4.39 Å². The van der Waals surface area contributed by atoms with E-state index >= 15 is 0 Å². The van der Waals surface area contributed by atoms with Gasteiger partial charge in [-0.15, -0.1) is 0 Å². The van der Waals surface area contributed by atoms with Crippen molar-refractivity contribution in [2.75, 3.05) is 18.5 Å². The number of hydrogen-bond acceptors (Lipinski definition) is 2. The number of rotatable bonds is 4. The molecule has 0 spiro atoms. The normalized spacial score (nSPS) is 27.8. The van der Waals surface area contributed by atoms with E-state index in [1.54, 1.807) is 6.07 Å². The zero-order valence-corrected chi connectivity index (χ0v) is 12.6. The van der Waals surface area contributed by atoms with Crippen LogP contribution in [0, 0.1) is 23.6 Å². The third-order valence-corrected chi connectivity index (χ3v) is 5.25. The molecule has 2 nitrogen and oxygen atoms in total. The Morgan fingerprint density at radius 3 is 2.80 bits per heavy atom. The molecule has 3 unspecified atom stereocenters. The Balaban J connectivity index is 1.79. The van der Waals surface area contributed by atoms with Gasteiger partial charge >= 0.3 is 0 Å². The maximum Gasteiger partial charge on any atom is 0.135 e. The molecule has 0 amide bonds. The molecule has 0 aromatic heterocycles. The van der Waals surface area contributed by atoms with E-state index in [-0.39, 0.29) is 10.8 Å². The lowest BCUT2D eigenvalue weighted by Gasteiger charge is -2.29. The highest BCUT2D eigenvalue weighted by atomic mass is 32.1. The third kappa shape index (κ3) is 2.41. The van der Waals surface area contributed by atoms with Crippen molar-refractivity contribution in [3.05, 3.63) is 29.6 Å². The summed E-state index contributed by atoms with van der Waals surface area (Å²) in [7, 11) is 2.02. The first-order valence-electron chi connectivity index (χ1n) is 7.35. The lowest BCUT2D eigenvalue weighted by atomic mass is 9.88. The largest absolute Gasteiger partial charge is 0.389 e. The van der Waals surface area contributed by atoms with E-state index in [0.717, 1.165) is 30.0 Å². The fourth-order valence-corrected chi connectivity index (χ4v) is 4.33. The molecule has 2 aliphatic carbocycles. The number of halogens is 1. The molecule has 2 aliphatic rings. The summed E-state index contributed by atoms with van der Waals surface area (Å²) in [4.78, 5) is 2.26. The highest BCUT2D eigenvalue weighted by Crippen LogP contribution is 2.48. The zero-order chi connectivity index (χ0) is 14.3. The van der Waals surface area contributed by atoms with E-state index in [2.05, 4.69) is 4.90 Å². The number of anilines is 1. The first kappa shape index (κ1) is 13.8. The number of benzene rings is 1. The smallest absolute Gasteiger partial charge is 0.135 e. The van der Waals surface area contributed by atoms with E-state index < -0.39 is 0 Å². The third-order valence-electron chi connectivity index (χ3n) is 5.04. The molecular weight excluding hydrogens is 271 g/mol. The van der Waals surface area contributed by atoms with Gasteiger partial charge in [0, 0.05) is 19.3 Å². The maximum absolute atomic E-state index is 13.9. The van der Waals surface area contributed by atoms with Crippen molar-refractivity contribution in [3.63, 3.8) is 0 Å². The average Bonchev–Trinajstić information content (AvgIpc) is 3.00. The van der Waals surface area contributed by atoms with Crippen LogP contribution in [-0.4, -0.2) is 18.6 Å². The second-order valence-electron chi connectivity index (χ2n) is 6.31. The Kier molecular flexibility index (Phi) is 3.67. The van der Waals surface area contributed by atoms with Crippen LogP contribution in [0.3, 0.4) is 0 Å². The summed E-state index contributed by atoms with van der Waals surface area (Å²) < 4.78 is 13.9. The standard InChI is InChI=1S/C16H21FN2S/c1-19(9-12-8-10-5-6-11(12)7-10)14-4-2-3-13(17)15(14)16(18)20/h2-4,10-12H,5-9H2,1H3,(H2,18,20). The molecule has 2 N–H and O–H groups in total. The molecule has 0 saturated heterocycles. The lowest BCUT2D eigenvalue weighted by molar-refractivity contribution is 0.337. The van der Waals surface area contributed by atoms with Crippen LogP contribution in [-0.2, 0) is 0 Å². The fourth-order valence-electron chi connectivity index (χ4n) is 4.12. The summed E-state index contributed by atoms with van der Waals surface area (Å²) in [5.74, 6) is 2.21. The molecule has 1 aromatic carbocycles. The predicted molar refractivity (Wildman–Crippen MR) is 84.5 cm³/mol. The molecule has 0 heterocycles. The summed E-state index contributed by atoms with van der Waals surface area (Å²) in [5, 5.41) is 0. The lowest BCUT2D eigenvalue weighted by Crippen LogP contribution is -2.30. The van der Waals surface area contributed by atoms with Gasteiger partial charge in [-0.3, -0.25) is 0 Å². The Hall–Kier alpha value is -1.16. The minimum Gasteiger partial charge on any atom is -0.389 e. The highest BCUT2D eigenvalue weighted by Gasteiger charge is 2.39. The second-order valence-corrected chi connectivity index (χ2v) is 6.75. The number of nitrogens with zero attached hydrogens (tertiary/aromatic N) is 1. The molecule has 108 valence electrons. The van der Waals surface area contributed by atoms with Gasteiger partial charge in [-0.2, -0.15) is 0 Å². The van der Waals surface area contributed by atoms with E-state index in [1.807, 2.05) is 13.1 Å². The van der Waals surface area contributed by atoms with Crippen LogP contribution in [0.25, 0.3) is 0 Å². The SMILES string of the molecule is CN(CC1CC2CCC1C2)c1cccc(F)c1C(N)=S. The van der Waals surface area contributed by atoms with Crippen LogP contribution in [0.15, 0.2) is 18.2 Å². The van der Waals surface area contributed by atoms with E-state index in [1.165, 1.54) is 31.7 Å². The van der Waals surface area contributed by atoms with Gasteiger partial charge in [0.2, 0.25) is 0 Å². The van der Waals surface area contributed by atoms with Gasteiger partial charge in [0.1, 0.15) is 10.8 Å². The molecule has 3 rings (SSSR count). The van der Waals surface area contributed by atoms with Crippen molar-refractivity contribution in [1.82, 2.24) is 0 Å². The van der Waals surface area contributed by atoms with Gasteiger partial charge in [-0.05, 0) is 49.1 Å². The van der Waals surface area contributed by atoms with E-state index in [4.69, 9.17) is 18.0 Å². The predicted octanol–water partition coefficient (Wildman–Crippen LogP) is 3.33. The van der Waals surface area contributed by atoms with Crippen molar-refractivity contribution < 1.29 is 4.39 Å². The summed E-state index contributed by atoms with van der Waals surface area (Å²) >= 11 is 5.00. The van der Waals surface area contributed by atoms with Gasteiger partial charge in [0.15, 0.2) is 0 Å². The molecule has 2 fully saturated rings. The monoisotopic (exact) mass is 292 g/mol. The Bertz CT molecular complexity index is 531. The second kappa shape index (κ2) is 5.32. The van der Waals surface area contributed by atoms with Crippen LogP contribution in [0.5, 0.6) is 0 Å². The average molecular weight is 292 g/mol. The van der Waals surface area contributed by atoms with Crippen molar-refractivity contribution in [2.24, 2.45) is 23.5 Å². The van der Waals surface area contributed by atoms with Crippen LogP contribution < -0.4 is 10.6 Å². The molecule has 0 aliphatic heterocycles. The highest BCUT2D eigenvalue weighted by molar-refractivity contribution is 7.80. The number of thiocarbonyl (C=S) groups is 1. The minimum absolute atomic E-state index is 0.137. The molecular formula is C16H21FN2S. The number of hydrogen-bond donors (Lipinski definition) is 1. The Labute approximate surface area is 125 Å². The Morgan fingerprint density at radius 1 is 1.40 bits per heavy atom. The molecule has 20 heavy (non-hydrogen) atoms. The van der Waals surface area contributed by atoms with Crippen molar-refractivity contribution in [1.29, 1.82) is 0 Å². The zero-order valence-electron chi connectivity index (χ0n) is 11.8. The summed E-state index contributed by atoms with van der Waals surface area (Å²) in [6, 6.07) is 5.05. The Morgan fingerprint density at radius 2 is 2.20 bits per heavy atom. The van der Waals surface area contributed by atoms with Gasteiger partial charge in [0.05, 0.1) is 5.56 Å². The van der Waals surface area contributed by atoms with Gasteiger partial charge in [-0.1, -0.05) is 24.7 Å². The summed E-state index contributed by atoms with van der Waals surface area (Å²) in [6.45, 7) is 0.972. The van der Waals surface area contributed by atoms with Crippen LogP contribution in [0.1, 0.15) is 31.2 Å². The molecule has 4 heteroatoms. The van der Waals surface area contributed by atoms with Crippen LogP contribution in [0.4, 0.5) is 10.1 Å². The van der Waals surface area contributed by atoms with E-state index in [0.29, 0.717) is 5.56 Å². The molecule has 2 bridgehead atoms. The van der Waals surface area contributed by atoms with Crippen LogP contribution in [0.2, 0.25) is 0 Å². The topological polar surface area (TPSA) is 29.3 Å². The van der Waals surface area contributed by atoms with Crippen LogP contribution >= 0.6 is 12.2 Å². The molecule has 2 saturated carbocycles. The van der Waals surface area contributed by atoms with Gasteiger partial charge in [0.25, 0.3) is 0 Å². The van der Waals surface area contributed by atoms with Gasteiger partial charge in [-0.25, -0.2) is 4.39 Å². The van der Waals surface area contributed by atoms with Crippen molar-refractivity contribution in [3.8, 4) is 0 Å². The van der Waals surface area contributed by atoms with Crippen molar-refractivity contribution in [2.45, 2.75) is 25.7 Å². The first-order valence-corrected chi connectivity index (χ1v) is 7.76. The maximum atomic E-state index is 13.9. The molecule has 1 aromatic rings. The minimum atomic E-state index is -0.324. The molecule has 0 radical (unpaired) electrons. The number of nitrogens with two attached hydrogens (primary N) is 1. The first-order chi connectivity index (χ1) is 9.56. The quantitative estimate of drug-likeness (QED) is 0.863. The summed E-state index contributed by atoms with van der Waals surface area (Å²) in [6.07, 6.45) is 5.49. The summed E-state index contributed by atoms with van der Waals surface area (Å²) in [5.41, 5.74) is 6.89. The molecule has 3 atom stereocenters. The number of fused-ring (bicyclic) bond motifs is 2. The van der Waals surface area contributed by atoms with Crippen molar-refractivity contribution >= 4 is 22.9 Å². The fraction of sp³-hybridized carbons (Fsp3) is 0.562. The van der Waals surface area contributed by atoms with Gasteiger partial charge < -0.3 is 10.6 Å².